The molecule has 136 valence electrons. The summed E-state index contributed by atoms with van der Waals surface area (Å²) in [6.45, 7) is 6.38. The lowest BCUT2D eigenvalue weighted by Crippen LogP contribution is -2.39. The lowest BCUT2D eigenvalue weighted by atomic mass is 10.2. The molecule has 0 radical (unpaired) electrons. The monoisotopic (exact) mass is 364 g/mol. The summed E-state index contributed by atoms with van der Waals surface area (Å²) in [5, 5.41) is 0. The Morgan fingerprint density at radius 2 is 2.04 bits per heavy atom. The van der Waals surface area contributed by atoms with E-state index in [9.17, 15) is 14.4 Å². The molecule has 1 amide bonds. The molecule has 7 nitrogen and oxygen atoms in total. The van der Waals surface area contributed by atoms with Crippen molar-refractivity contribution in [1.82, 2.24) is 9.55 Å². The highest BCUT2D eigenvalue weighted by Gasteiger charge is 2.23. The van der Waals surface area contributed by atoms with E-state index < -0.39 is 11.2 Å². The van der Waals surface area contributed by atoms with Crippen LogP contribution in [0.1, 0.15) is 46.8 Å². The number of hydrogen-bond acceptors (Lipinski definition) is 5. The number of carbonyl (C=O) groups excluding carboxylic acids is 1. The largest absolute Gasteiger partial charge is 0.383 e. The van der Waals surface area contributed by atoms with Gasteiger partial charge in [-0.05, 0) is 31.4 Å². The average Bonchev–Trinajstić information content (AvgIpc) is 2.94. The lowest BCUT2D eigenvalue weighted by Gasteiger charge is -2.19. The number of aromatic nitrogens is 2. The van der Waals surface area contributed by atoms with Crippen LogP contribution in [-0.4, -0.2) is 22.5 Å². The molecule has 25 heavy (non-hydrogen) atoms. The Bertz CT molecular complexity index is 894. The van der Waals surface area contributed by atoms with E-state index in [0.29, 0.717) is 11.4 Å². The van der Waals surface area contributed by atoms with E-state index in [1.54, 1.807) is 0 Å². The average molecular weight is 364 g/mol. The van der Waals surface area contributed by atoms with Crippen LogP contribution in [0.25, 0.3) is 0 Å². The molecule has 0 aliphatic carbocycles. The minimum atomic E-state index is -0.657. The van der Waals surface area contributed by atoms with Crippen molar-refractivity contribution in [2.75, 3.05) is 17.7 Å². The zero-order valence-electron chi connectivity index (χ0n) is 15.0. The minimum Gasteiger partial charge on any atom is -0.383 e. The van der Waals surface area contributed by atoms with Crippen molar-refractivity contribution < 1.29 is 4.79 Å². The zero-order chi connectivity index (χ0) is 18.7. The number of nitrogen functional groups attached to an aromatic ring is 1. The van der Waals surface area contributed by atoms with Crippen molar-refractivity contribution in [2.24, 2.45) is 0 Å². The Balaban J connectivity index is 2.47. The highest BCUT2D eigenvalue weighted by atomic mass is 32.1. The van der Waals surface area contributed by atoms with Crippen LogP contribution in [0, 0.1) is 6.92 Å². The molecule has 2 aromatic rings. The first-order chi connectivity index (χ1) is 11.8. The number of carbonyl (C=O) groups is 1. The van der Waals surface area contributed by atoms with Crippen molar-refractivity contribution in [3.63, 3.8) is 0 Å². The Hall–Kier alpha value is -2.35. The summed E-state index contributed by atoms with van der Waals surface area (Å²) in [7, 11) is 1.50. The second-order valence-corrected chi connectivity index (χ2v) is 7.16. The molecule has 0 aromatic carbocycles. The quantitative estimate of drug-likeness (QED) is 0.820. The van der Waals surface area contributed by atoms with Gasteiger partial charge in [-0.2, -0.15) is 0 Å². The van der Waals surface area contributed by atoms with Crippen LogP contribution in [0.4, 0.5) is 11.5 Å². The predicted octanol–water partition coefficient (Wildman–Crippen LogP) is 2.13. The first-order valence-electron chi connectivity index (χ1n) is 8.31. The van der Waals surface area contributed by atoms with E-state index >= 15 is 0 Å². The first-order valence-corrected chi connectivity index (χ1v) is 9.13. The number of thiophene rings is 1. The minimum absolute atomic E-state index is 0.00445. The Kier molecular flexibility index (Phi) is 5.84. The highest BCUT2D eigenvalue weighted by Crippen LogP contribution is 2.25. The summed E-state index contributed by atoms with van der Waals surface area (Å²) in [6, 6.07) is 1.84. The second-order valence-electron chi connectivity index (χ2n) is 5.91. The molecule has 0 spiro atoms. The third-order valence-electron chi connectivity index (χ3n) is 4.20. The fraction of sp³-hybridized carbons (Fsp3) is 0.471. The van der Waals surface area contributed by atoms with Gasteiger partial charge in [-0.3, -0.25) is 19.1 Å². The van der Waals surface area contributed by atoms with E-state index in [2.05, 4.69) is 4.98 Å². The summed E-state index contributed by atoms with van der Waals surface area (Å²) in [5.74, 6) is -0.298. The van der Waals surface area contributed by atoms with Gasteiger partial charge in [-0.15, -0.1) is 11.3 Å². The number of aromatic amines is 1. The number of aryl methyl sites for hydroxylation is 2. The number of anilines is 2. The van der Waals surface area contributed by atoms with E-state index in [4.69, 9.17) is 5.73 Å². The van der Waals surface area contributed by atoms with Gasteiger partial charge in [0.2, 0.25) is 0 Å². The molecule has 8 heteroatoms. The molecule has 0 bridgehead atoms. The molecule has 2 heterocycles. The number of amides is 1. The van der Waals surface area contributed by atoms with Crippen LogP contribution in [0.2, 0.25) is 0 Å². The standard InChI is InChI=1S/C17H24N4O3S/c1-5-7-8-21-14(18)13(15(22)19-17(21)24)20(4)16(23)12-9-11(6-2)10(3)25-12/h9H,5-8,18H2,1-4H3,(H,19,22,24). The molecular weight excluding hydrogens is 340 g/mol. The Morgan fingerprint density at radius 1 is 1.36 bits per heavy atom. The molecule has 0 atom stereocenters. The number of nitrogens with two attached hydrogens (primary N) is 1. The van der Waals surface area contributed by atoms with Gasteiger partial charge in [0.15, 0.2) is 5.69 Å². The summed E-state index contributed by atoms with van der Waals surface area (Å²) in [5.41, 5.74) is 5.96. The molecule has 0 saturated carbocycles. The van der Waals surface area contributed by atoms with Crippen molar-refractivity contribution in [3.8, 4) is 0 Å². The van der Waals surface area contributed by atoms with Gasteiger partial charge < -0.3 is 10.6 Å². The van der Waals surface area contributed by atoms with E-state index in [0.717, 1.165) is 29.7 Å². The maximum atomic E-state index is 12.8. The second kappa shape index (κ2) is 7.69. The zero-order valence-corrected chi connectivity index (χ0v) is 15.8. The van der Waals surface area contributed by atoms with Crippen molar-refractivity contribution >= 4 is 28.7 Å². The molecule has 2 rings (SSSR count). The number of unbranched alkanes of at least 4 members (excludes halogenated alkanes) is 1. The molecule has 0 unspecified atom stereocenters. The van der Waals surface area contributed by atoms with E-state index in [-0.39, 0.29) is 17.4 Å². The molecule has 0 fully saturated rings. The maximum absolute atomic E-state index is 12.8. The van der Waals surface area contributed by atoms with E-state index in [1.807, 2.05) is 26.8 Å². The number of hydrogen-bond donors (Lipinski definition) is 2. The van der Waals surface area contributed by atoms with Crippen molar-refractivity contribution in [1.29, 1.82) is 0 Å². The summed E-state index contributed by atoms with van der Waals surface area (Å²) in [6.07, 6.45) is 2.46. The smallest absolute Gasteiger partial charge is 0.330 e. The number of nitrogens with one attached hydrogen (secondary N) is 1. The van der Waals surface area contributed by atoms with Gasteiger partial charge in [0.05, 0.1) is 4.88 Å². The third-order valence-corrected chi connectivity index (χ3v) is 5.28. The molecule has 3 N–H and O–H groups in total. The van der Waals surface area contributed by atoms with Gasteiger partial charge >= 0.3 is 5.69 Å². The topological polar surface area (TPSA) is 101 Å². The molecule has 0 aliphatic rings. The summed E-state index contributed by atoms with van der Waals surface area (Å²) >= 11 is 1.39. The fourth-order valence-electron chi connectivity index (χ4n) is 2.68. The van der Waals surface area contributed by atoms with Crippen LogP contribution >= 0.6 is 11.3 Å². The highest BCUT2D eigenvalue weighted by molar-refractivity contribution is 7.14. The number of rotatable bonds is 6. The van der Waals surface area contributed by atoms with Crippen molar-refractivity contribution in [2.45, 2.75) is 46.6 Å². The van der Waals surface area contributed by atoms with E-state index in [1.165, 1.54) is 27.9 Å². The van der Waals surface area contributed by atoms with Crippen molar-refractivity contribution in [3.05, 3.63) is 42.2 Å². The lowest BCUT2D eigenvalue weighted by molar-refractivity contribution is 0.0996. The van der Waals surface area contributed by atoms with Gasteiger partial charge in [0, 0.05) is 18.5 Å². The molecule has 0 aliphatic heterocycles. The normalized spacial score (nSPS) is 10.9. The summed E-state index contributed by atoms with van der Waals surface area (Å²) in [4.78, 5) is 42.1. The van der Waals surface area contributed by atoms with Gasteiger partial charge in [0.1, 0.15) is 5.82 Å². The Morgan fingerprint density at radius 3 is 2.60 bits per heavy atom. The van der Waals surface area contributed by atoms with Gasteiger partial charge in [-0.25, -0.2) is 4.79 Å². The fourth-order valence-corrected chi connectivity index (χ4v) is 3.77. The Labute approximate surface area is 150 Å². The summed E-state index contributed by atoms with van der Waals surface area (Å²) < 4.78 is 1.31. The van der Waals surface area contributed by atoms with Crippen LogP contribution in [0.5, 0.6) is 0 Å². The van der Waals surface area contributed by atoms with Gasteiger partial charge in [-0.1, -0.05) is 20.3 Å². The SMILES string of the molecule is CCCCn1c(N)c(N(C)C(=O)c2cc(CC)c(C)s2)c(=O)[nH]c1=O. The molecule has 2 aromatic heterocycles. The van der Waals surface area contributed by atoms with Crippen LogP contribution in [-0.2, 0) is 13.0 Å². The molecule has 0 saturated heterocycles. The molecular formula is C17H24N4O3S. The van der Waals surface area contributed by atoms with Gasteiger partial charge in [0.25, 0.3) is 11.5 Å². The van der Waals surface area contributed by atoms with Crippen LogP contribution in [0.3, 0.4) is 0 Å². The van der Waals surface area contributed by atoms with Crippen LogP contribution < -0.4 is 21.9 Å². The first kappa shape index (κ1) is 19.0. The maximum Gasteiger partial charge on any atom is 0.330 e. The predicted molar refractivity (Wildman–Crippen MR) is 102 cm³/mol. The third kappa shape index (κ3) is 3.68. The van der Waals surface area contributed by atoms with Crippen LogP contribution in [0.15, 0.2) is 15.7 Å². The number of H-pyrrole nitrogens is 1. The number of nitrogens with zero attached hydrogens (tertiary/aromatic N) is 2.